The van der Waals surface area contributed by atoms with Crippen molar-refractivity contribution in [1.29, 1.82) is 10.5 Å². The highest BCUT2D eigenvalue weighted by Crippen LogP contribution is 2.20. The van der Waals surface area contributed by atoms with Crippen LogP contribution in [0.4, 0.5) is 5.69 Å². The molecule has 18 heavy (non-hydrogen) atoms. The van der Waals surface area contributed by atoms with Gasteiger partial charge in [-0.2, -0.15) is 15.6 Å². The van der Waals surface area contributed by atoms with Crippen LogP contribution in [0.5, 0.6) is 0 Å². The summed E-state index contributed by atoms with van der Waals surface area (Å²) in [7, 11) is 0. The first-order chi connectivity index (χ1) is 8.83. The lowest BCUT2D eigenvalue weighted by Crippen LogP contribution is -1.96. The lowest BCUT2D eigenvalue weighted by molar-refractivity contribution is 1.33. The summed E-state index contributed by atoms with van der Waals surface area (Å²) in [5, 5.41) is 22.7. The van der Waals surface area contributed by atoms with Gasteiger partial charge in [0.05, 0.1) is 16.9 Å². The highest BCUT2D eigenvalue weighted by atomic mass is 32.1. The van der Waals surface area contributed by atoms with E-state index in [4.69, 9.17) is 10.5 Å². The number of nitrogens with zero attached hydrogens (tertiary/aromatic N) is 4. The van der Waals surface area contributed by atoms with E-state index >= 15 is 0 Å². The Bertz CT molecular complexity index is 613. The van der Waals surface area contributed by atoms with Crippen LogP contribution >= 0.6 is 11.3 Å². The maximum Gasteiger partial charge on any atom is 0.237 e. The molecule has 2 aromatic rings. The van der Waals surface area contributed by atoms with Crippen LogP contribution in [-0.2, 0) is 0 Å². The van der Waals surface area contributed by atoms with Crippen LogP contribution in [0.1, 0.15) is 0 Å². The van der Waals surface area contributed by atoms with Crippen LogP contribution in [-0.4, -0.2) is 10.7 Å². The zero-order valence-electron chi connectivity index (χ0n) is 9.16. The van der Waals surface area contributed by atoms with Gasteiger partial charge in [-0.3, -0.25) is 5.43 Å². The summed E-state index contributed by atoms with van der Waals surface area (Å²) in [4.78, 5) is 4.20. The van der Waals surface area contributed by atoms with Crippen LogP contribution in [0, 0.1) is 22.7 Å². The average Bonchev–Trinajstić information content (AvgIpc) is 2.94. The molecular weight excluding hydrogens is 246 g/mol. The number of hydrogen-bond donors (Lipinski definition) is 1. The van der Waals surface area contributed by atoms with Gasteiger partial charge in [0.15, 0.2) is 0 Å². The number of rotatable bonds is 3. The van der Waals surface area contributed by atoms with Crippen molar-refractivity contribution in [2.75, 3.05) is 5.43 Å². The van der Waals surface area contributed by atoms with Crippen LogP contribution in [0.2, 0.25) is 0 Å². The Morgan fingerprint density at radius 2 is 1.94 bits per heavy atom. The predicted octanol–water partition coefficient (Wildman–Crippen LogP) is 2.63. The third kappa shape index (κ3) is 2.70. The van der Waals surface area contributed by atoms with Gasteiger partial charge in [-0.25, -0.2) is 4.98 Å². The molecule has 1 aromatic carbocycles. The standard InChI is InChI=1S/C12H7N5S/c13-5-11(6-14)17-16-10-3-1-9(2-4-10)12-7-18-8-15-12/h1-4,7-8,16H. The summed E-state index contributed by atoms with van der Waals surface area (Å²) in [6.45, 7) is 0. The minimum Gasteiger partial charge on any atom is -0.277 e. The fourth-order valence-corrected chi connectivity index (χ4v) is 1.83. The minimum atomic E-state index is -0.210. The van der Waals surface area contributed by atoms with Crippen molar-refractivity contribution in [2.45, 2.75) is 0 Å². The van der Waals surface area contributed by atoms with Gasteiger partial charge in [0, 0.05) is 10.9 Å². The summed E-state index contributed by atoms with van der Waals surface area (Å²) in [6, 6.07) is 10.8. The van der Waals surface area contributed by atoms with Crippen molar-refractivity contribution in [3.8, 4) is 23.4 Å². The molecule has 0 radical (unpaired) electrons. The topological polar surface area (TPSA) is 84.9 Å². The van der Waals surface area contributed by atoms with E-state index in [9.17, 15) is 0 Å². The maximum absolute atomic E-state index is 8.52. The van der Waals surface area contributed by atoms with Gasteiger partial charge in [-0.05, 0) is 12.1 Å². The molecule has 0 aliphatic rings. The molecule has 0 atom stereocenters. The smallest absolute Gasteiger partial charge is 0.237 e. The van der Waals surface area contributed by atoms with E-state index in [2.05, 4.69) is 15.5 Å². The van der Waals surface area contributed by atoms with E-state index in [1.165, 1.54) is 11.3 Å². The van der Waals surface area contributed by atoms with Crippen LogP contribution in [0.15, 0.2) is 40.3 Å². The van der Waals surface area contributed by atoms with E-state index in [0.717, 1.165) is 11.3 Å². The van der Waals surface area contributed by atoms with Gasteiger partial charge in [0.2, 0.25) is 5.71 Å². The van der Waals surface area contributed by atoms with Crippen LogP contribution < -0.4 is 5.43 Å². The van der Waals surface area contributed by atoms with Gasteiger partial charge >= 0.3 is 0 Å². The van der Waals surface area contributed by atoms with E-state index in [1.807, 2.05) is 29.6 Å². The van der Waals surface area contributed by atoms with E-state index < -0.39 is 0 Å². The van der Waals surface area contributed by atoms with Crippen molar-refractivity contribution < 1.29 is 0 Å². The maximum atomic E-state index is 8.52. The number of hydrogen-bond acceptors (Lipinski definition) is 6. The average molecular weight is 253 g/mol. The normalized spacial score (nSPS) is 9.00. The lowest BCUT2D eigenvalue weighted by Gasteiger charge is -2.01. The predicted molar refractivity (Wildman–Crippen MR) is 69.8 cm³/mol. The molecule has 1 N–H and O–H groups in total. The molecular formula is C12H7N5S. The van der Waals surface area contributed by atoms with Crippen molar-refractivity contribution in [3.63, 3.8) is 0 Å². The summed E-state index contributed by atoms with van der Waals surface area (Å²) in [5.74, 6) is 0. The highest BCUT2D eigenvalue weighted by molar-refractivity contribution is 7.07. The van der Waals surface area contributed by atoms with Gasteiger partial charge in [0.1, 0.15) is 12.1 Å². The molecule has 0 amide bonds. The van der Waals surface area contributed by atoms with Crippen molar-refractivity contribution in [3.05, 3.63) is 35.2 Å². The molecule has 1 heterocycles. The fraction of sp³-hybridized carbons (Fsp3) is 0. The molecule has 2 rings (SSSR count). The molecule has 0 saturated carbocycles. The molecule has 6 heteroatoms. The van der Waals surface area contributed by atoms with Crippen molar-refractivity contribution in [2.24, 2.45) is 5.10 Å². The number of thiazole rings is 1. The summed E-state index contributed by atoms with van der Waals surface area (Å²) in [6.07, 6.45) is 0. The van der Waals surface area contributed by atoms with Gasteiger partial charge in [0.25, 0.3) is 0 Å². The fourth-order valence-electron chi connectivity index (χ4n) is 1.27. The third-order valence-electron chi connectivity index (χ3n) is 2.12. The summed E-state index contributed by atoms with van der Waals surface area (Å²) < 4.78 is 0. The van der Waals surface area contributed by atoms with Crippen LogP contribution in [0.25, 0.3) is 11.3 Å². The molecule has 0 unspecified atom stereocenters. The second kappa shape index (κ2) is 5.58. The molecule has 86 valence electrons. The molecule has 0 spiro atoms. The number of nitrogens with one attached hydrogen (secondary N) is 1. The highest BCUT2D eigenvalue weighted by Gasteiger charge is 1.99. The molecule has 1 aromatic heterocycles. The second-order valence-electron chi connectivity index (χ2n) is 3.25. The second-order valence-corrected chi connectivity index (χ2v) is 3.97. The summed E-state index contributed by atoms with van der Waals surface area (Å²) >= 11 is 1.54. The van der Waals surface area contributed by atoms with Crippen LogP contribution in [0.3, 0.4) is 0 Å². The number of nitriles is 2. The van der Waals surface area contributed by atoms with Gasteiger partial charge in [-0.15, -0.1) is 11.3 Å². The molecule has 0 aliphatic heterocycles. The number of aromatic nitrogens is 1. The zero-order chi connectivity index (χ0) is 12.8. The van der Waals surface area contributed by atoms with E-state index in [-0.39, 0.29) is 5.71 Å². The number of benzene rings is 1. The van der Waals surface area contributed by atoms with Gasteiger partial charge < -0.3 is 0 Å². The Balaban J connectivity index is 2.12. The Kier molecular flexibility index (Phi) is 3.65. The first-order valence-electron chi connectivity index (χ1n) is 4.96. The summed E-state index contributed by atoms with van der Waals surface area (Å²) in [5.41, 5.74) is 6.84. The Labute approximate surface area is 108 Å². The first kappa shape index (κ1) is 11.8. The molecule has 0 bridgehead atoms. The quantitative estimate of drug-likeness (QED) is 0.673. The minimum absolute atomic E-state index is 0.210. The molecule has 0 fully saturated rings. The largest absolute Gasteiger partial charge is 0.277 e. The Morgan fingerprint density at radius 1 is 1.22 bits per heavy atom. The molecule has 0 aliphatic carbocycles. The third-order valence-corrected chi connectivity index (χ3v) is 2.71. The monoisotopic (exact) mass is 253 g/mol. The van der Waals surface area contributed by atoms with E-state index in [0.29, 0.717) is 5.69 Å². The Hall–Kier alpha value is -2.70. The lowest BCUT2D eigenvalue weighted by atomic mass is 10.1. The first-order valence-corrected chi connectivity index (χ1v) is 5.90. The zero-order valence-corrected chi connectivity index (χ0v) is 9.98. The van der Waals surface area contributed by atoms with Crippen molar-refractivity contribution >= 4 is 22.7 Å². The number of hydrazone groups is 1. The molecule has 0 saturated heterocycles. The molecule has 5 nitrogen and oxygen atoms in total. The Morgan fingerprint density at radius 3 is 2.50 bits per heavy atom. The van der Waals surface area contributed by atoms with Gasteiger partial charge in [-0.1, -0.05) is 12.1 Å². The van der Waals surface area contributed by atoms with E-state index in [1.54, 1.807) is 17.6 Å². The number of anilines is 1. The SMILES string of the molecule is N#CC(C#N)=NNc1ccc(-c2cscn2)cc1. The van der Waals surface area contributed by atoms with Crippen molar-refractivity contribution in [1.82, 2.24) is 4.98 Å².